The smallest absolute Gasteiger partial charge is 0.385 e. The second-order valence-corrected chi connectivity index (χ2v) is 4.38. The van der Waals surface area contributed by atoms with Gasteiger partial charge in [-0.3, -0.25) is 9.80 Å². The molecule has 0 amide bonds. The third-order valence-electron chi connectivity index (χ3n) is 2.87. The van der Waals surface area contributed by atoms with Gasteiger partial charge in [0.2, 0.25) is 0 Å². The van der Waals surface area contributed by atoms with E-state index in [1.165, 1.54) is 12.1 Å². The number of alkyl halides is 3. The molecule has 0 fully saturated rings. The minimum absolute atomic E-state index is 0.0940. The maximum atomic E-state index is 12.2. The lowest BCUT2D eigenvalue weighted by atomic mass is 10.1. The van der Waals surface area contributed by atoms with Crippen molar-refractivity contribution >= 4 is 17.3 Å². The molecule has 0 saturated heterocycles. The van der Waals surface area contributed by atoms with Crippen LogP contribution < -0.4 is 10.7 Å². The van der Waals surface area contributed by atoms with Crippen molar-refractivity contribution < 1.29 is 18.0 Å². The monoisotopic (exact) mass is 271 g/mol. The van der Waals surface area contributed by atoms with E-state index < -0.39 is 12.0 Å². The molecule has 0 aromatic heterocycles. The maximum Gasteiger partial charge on any atom is 0.454 e. The fourth-order valence-corrected chi connectivity index (χ4v) is 1.74. The lowest BCUT2D eigenvalue weighted by molar-refractivity contribution is -0.0885. The van der Waals surface area contributed by atoms with Crippen LogP contribution in [0.5, 0.6) is 0 Å². The summed E-state index contributed by atoms with van der Waals surface area (Å²) in [7, 11) is 0. The van der Waals surface area contributed by atoms with E-state index in [4.69, 9.17) is 5.73 Å². The van der Waals surface area contributed by atoms with Gasteiger partial charge in [-0.25, -0.2) is 0 Å². The average Bonchev–Trinajstić information content (AvgIpc) is 2.68. The van der Waals surface area contributed by atoms with Crippen LogP contribution in [0.4, 0.5) is 18.9 Å². The number of halogens is 3. The number of amidine groups is 1. The molecular formula is C12H12F3N3O. The predicted molar refractivity (Wildman–Crippen MR) is 65.0 cm³/mol. The molecule has 0 spiro atoms. The van der Waals surface area contributed by atoms with E-state index in [0.717, 1.165) is 12.1 Å². The summed E-state index contributed by atoms with van der Waals surface area (Å²) in [6.45, 7) is 2.47. The summed E-state index contributed by atoms with van der Waals surface area (Å²) >= 11 is 0. The van der Waals surface area contributed by atoms with E-state index in [1.54, 1.807) is 5.01 Å². The van der Waals surface area contributed by atoms with Gasteiger partial charge in [0.1, 0.15) is 5.84 Å². The standard InChI is InChI=1S/C12H12F3N3O/c1-7-6-18(17-11(7)16)9-4-2-8(3-5-9)10(19)12(13,14)15/h2-5,7H,6H2,1H3,(H2,16,17). The van der Waals surface area contributed by atoms with Crippen molar-refractivity contribution in [3.8, 4) is 0 Å². The number of rotatable bonds is 2. The number of nitrogens with zero attached hydrogens (tertiary/aromatic N) is 2. The number of hydrazone groups is 1. The molecule has 1 unspecified atom stereocenters. The highest BCUT2D eigenvalue weighted by Crippen LogP contribution is 2.25. The van der Waals surface area contributed by atoms with Crippen molar-refractivity contribution in [3.63, 3.8) is 0 Å². The zero-order valence-electron chi connectivity index (χ0n) is 10.1. The Bertz CT molecular complexity index is 522. The van der Waals surface area contributed by atoms with E-state index in [1.807, 2.05) is 6.92 Å². The number of ketones is 1. The average molecular weight is 271 g/mol. The third-order valence-corrected chi connectivity index (χ3v) is 2.87. The Morgan fingerprint density at radius 2 is 1.95 bits per heavy atom. The normalized spacial score (nSPS) is 19.5. The second kappa shape index (κ2) is 4.56. The van der Waals surface area contributed by atoms with Gasteiger partial charge in [-0.05, 0) is 24.3 Å². The first-order valence-electron chi connectivity index (χ1n) is 5.62. The van der Waals surface area contributed by atoms with Gasteiger partial charge in [0, 0.05) is 11.5 Å². The number of benzene rings is 1. The van der Waals surface area contributed by atoms with Crippen LogP contribution >= 0.6 is 0 Å². The molecule has 1 aromatic rings. The van der Waals surface area contributed by atoms with E-state index in [2.05, 4.69) is 5.10 Å². The number of nitrogens with two attached hydrogens (primary N) is 1. The lowest BCUT2D eigenvalue weighted by Gasteiger charge is -2.14. The summed E-state index contributed by atoms with van der Waals surface area (Å²) in [6, 6.07) is 5.13. The third kappa shape index (κ3) is 2.69. The highest BCUT2D eigenvalue weighted by Gasteiger charge is 2.39. The van der Waals surface area contributed by atoms with Crippen molar-refractivity contribution in [1.29, 1.82) is 0 Å². The number of hydrogen-bond donors (Lipinski definition) is 1. The van der Waals surface area contributed by atoms with Gasteiger partial charge in [-0.15, -0.1) is 0 Å². The van der Waals surface area contributed by atoms with Crippen molar-refractivity contribution in [3.05, 3.63) is 29.8 Å². The topological polar surface area (TPSA) is 58.7 Å². The molecular weight excluding hydrogens is 259 g/mol. The molecule has 0 radical (unpaired) electrons. The first-order chi connectivity index (χ1) is 8.79. The molecule has 102 valence electrons. The minimum Gasteiger partial charge on any atom is -0.385 e. The summed E-state index contributed by atoms with van der Waals surface area (Å²) < 4.78 is 36.7. The van der Waals surface area contributed by atoms with Crippen LogP contribution in [-0.2, 0) is 0 Å². The fourth-order valence-electron chi connectivity index (χ4n) is 1.74. The number of hydrogen-bond acceptors (Lipinski definition) is 4. The summed E-state index contributed by atoms with van der Waals surface area (Å²) in [5.74, 6) is -1.27. The molecule has 7 heteroatoms. The Morgan fingerprint density at radius 3 is 2.37 bits per heavy atom. The number of carbonyl (C=O) groups is 1. The Morgan fingerprint density at radius 1 is 1.37 bits per heavy atom. The van der Waals surface area contributed by atoms with Crippen molar-refractivity contribution in [2.45, 2.75) is 13.1 Å². The maximum absolute atomic E-state index is 12.2. The Hall–Kier alpha value is -2.05. The zero-order chi connectivity index (χ0) is 14.2. The first kappa shape index (κ1) is 13.4. The van der Waals surface area contributed by atoms with Gasteiger partial charge in [0.05, 0.1) is 12.2 Å². The Kier molecular flexibility index (Phi) is 3.21. The van der Waals surface area contributed by atoms with E-state index >= 15 is 0 Å². The van der Waals surface area contributed by atoms with E-state index in [-0.39, 0.29) is 11.5 Å². The highest BCUT2D eigenvalue weighted by atomic mass is 19.4. The Labute approximate surface area is 107 Å². The quantitative estimate of drug-likeness (QED) is 0.838. The zero-order valence-corrected chi connectivity index (χ0v) is 10.1. The van der Waals surface area contributed by atoms with Crippen LogP contribution in [0.25, 0.3) is 0 Å². The Balaban J connectivity index is 2.18. The summed E-state index contributed by atoms with van der Waals surface area (Å²) in [4.78, 5) is 11.0. The molecule has 0 bridgehead atoms. The molecule has 1 atom stereocenters. The molecule has 0 aliphatic carbocycles. The molecule has 1 aliphatic rings. The van der Waals surface area contributed by atoms with Crippen LogP contribution in [0.2, 0.25) is 0 Å². The van der Waals surface area contributed by atoms with Crippen LogP contribution in [-0.4, -0.2) is 24.3 Å². The molecule has 19 heavy (non-hydrogen) atoms. The summed E-state index contributed by atoms with van der Waals surface area (Å²) in [5, 5.41) is 5.68. The fraction of sp³-hybridized carbons (Fsp3) is 0.333. The SMILES string of the molecule is CC1CN(c2ccc(C(=O)C(F)(F)F)cc2)N=C1N. The molecule has 1 aromatic carbocycles. The van der Waals surface area contributed by atoms with E-state index in [0.29, 0.717) is 18.1 Å². The number of anilines is 1. The second-order valence-electron chi connectivity index (χ2n) is 4.38. The van der Waals surface area contributed by atoms with Gasteiger partial charge in [-0.2, -0.15) is 18.3 Å². The van der Waals surface area contributed by atoms with Gasteiger partial charge in [0.15, 0.2) is 0 Å². The van der Waals surface area contributed by atoms with Crippen molar-refractivity contribution in [2.24, 2.45) is 16.8 Å². The van der Waals surface area contributed by atoms with Crippen molar-refractivity contribution in [1.82, 2.24) is 0 Å². The molecule has 1 heterocycles. The van der Waals surface area contributed by atoms with Crippen molar-refractivity contribution in [2.75, 3.05) is 11.6 Å². The van der Waals surface area contributed by atoms with Gasteiger partial charge < -0.3 is 5.73 Å². The molecule has 2 rings (SSSR count). The molecule has 1 aliphatic heterocycles. The number of Topliss-reactive ketones (excluding diaryl/α,β-unsaturated/α-hetero) is 1. The number of carbonyl (C=O) groups excluding carboxylic acids is 1. The van der Waals surface area contributed by atoms with Gasteiger partial charge in [0.25, 0.3) is 5.78 Å². The largest absolute Gasteiger partial charge is 0.454 e. The predicted octanol–water partition coefficient (Wildman–Crippen LogP) is 2.16. The van der Waals surface area contributed by atoms with Gasteiger partial charge in [-0.1, -0.05) is 6.92 Å². The van der Waals surface area contributed by atoms with Crippen LogP contribution in [0.3, 0.4) is 0 Å². The van der Waals surface area contributed by atoms with Gasteiger partial charge >= 0.3 is 6.18 Å². The molecule has 4 nitrogen and oxygen atoms in total. The highest BCUT2D eigenvalue weighted by molar-refractivity contribution is 6.00. The lowest BCUT2D eigenvalue weighted by Crippen LogP contribution is -2.23. The molecule has 0 saturated carbocycles. The minimum atomic E-state index is -4.85. The summed E-state index contributed by atoms with van der Waals surface area (Å²) in [5.41, 5.74) is 5.86. The molecule has 2 N–H and O–H groups in total. The van der Waals surface area contributed by atoms with Crippen LogP contribution in [0.1, 0.15) is 17.3 Å². The van der Waals surface area contributed by atoms with Crippen LogP contribution in [0, 0.1) is 5.92 Å². The summed E-state index contributed by atoms with van der Waals surface area (Å²) in [6.07, 6.45) is -4.85. The first-order valence-corrected chi connectivity index (χ1v) is 5.62. The van der Waals surface area contributed by atoms with Crippen LogP contribution in [0.15, 0.2) is 29.4 Å². The van der Waals surface area contributed by atoms with E-state index in [9.17, 15) is 18.0 Å².